The number of ether oxygens (including phenoxy) is 3. The molecule has 0 radical (unpaired) electrons. The lowest BCUT2D eigenvalue weighted by Crippen LogP contribution is -2.63. The third-order valence-corrected chi connectivity index (χ3v) is 4.20. The van der Waals surface area contributed by atoms with Crippen LogP contribution in [0.5, 0.6) is 0 Å². The van der Waals surface area contributed by atoms with Crippen molar-refractivity contribution in [2.24, 2.45) is 0 Å². The molecule has 9 nitrogen and oxygen atoms in total. The van der Waals surface area contributed by atoms with Crippen LogP contribution in [0.4, 0.5) is 0 Å². The van der Waals surface area contributed by atoms with E-state index in [0.717, 1.165) is 0 Å². The van der Waals surface area contributed by atoms with Gasteiger partial charge in [-0.1, -0.05) is 0 Å². The molecule has 2 rings (SSSR count). The Morgan fingerprint density at radius 2 is 1.41 bits per heavy atom. The van der Waals surface area contributed by atoms with Gasteiger partial charge in [-0.3, -0.25) is 0 Å². The van der Waals surface area contributed by atoms with Crippen molar-refractivity contribution in [3.05, 3.63) is 0 Å². The van der Waals surface area contributed by atoms with Crippen LogP contribution in [-0.2, 0) is 14.2 Å². The topological polar surface area (TPSA) is 149 Å². The van der Waals surface area contributed by atoms with Crippen LogP contribution in [0.1, 0.15) is 13.8 Å². The van der Waals surface area contributed by atoms with Gasteiger partial charge in [0.05, 0.1) is 18.8 Å². The zero-order valence-corrected chi connectivity index (χ0v) is 12.4. The maximum absolute atomic E-state index is 10.1. The highest BCUT2D eigenvalue weighted by Gasteiger charge is 2.48. The molecule has 10 atom stereocenters. The predicted molar refractivity (Wildman–Crippen MR) is 70.7 cm³/mol. The number of rotatable bonds is 3. The van der Waals surface area contributed by atoms with Gasteiger partial charge in [0, 0.05) is 0 Å². The fourth-order valence-electron chi connectivity index (χ4n) is 2.75. The summed E-state index contributed by atoms with van der Waals surface area (Å²) in [6.07, 6.45) is -11.7. The predicted octanol–water partition coefficient (Wildman–Crippen LogP) is -3.30. The van der Waals surface area contributed by atoms with E-state index in [0.29, 0.717) is 0 Å². The molecule has 22 heavy (non-hydrogen) atoms. The van der Waals surface area contributed by atoms with Crippen molar-refractivity contribution in [3.8, 4) is 0 Å². The minimum absolute atomic E-state index is 0.459. The summed E-state index contributed by atoms with van der Waals surface area (Å²) in [4.78, 5) is 0. The molecule has 0 amide bonds. The van der Waals surface area contributed by atoms with E-state index in [9.17, 15) is 25.5 Å². The summed E-state index contributed by atoms with van der Waals surface area (Å²) in [6, 6.07) is 0. The molecule has 0 aromatic heterocycles. The van der Waals surface area contributed by atoms with Crippen LogP contribution in [0, 0.1) is 0 Å². The van der Waals surface area contributed by atoms with E-state index < -0.39 is 67.8 Å². The maximum atomic E-state index is 10.1. The summed E-state index contributed by atoms with van der Waals surface area (Å²) in [5.41, 5.74) is 0. The highest BCUT2D eigenvalue weighted by atomic mass is 16.7. The van der Waals surface area contributed by atoms with Gasteiger partial charge in [0.1, 0.15) is 42.7 Å². The second-order valence-corrected chi connectivity index (χ2v) is 5.83. The van der Waals surface area contributed by atoms with Crippen LogP contribution >= 0.6 is 0 Å². The molecule has 6 N–H and O–H groups in total. The summed E-state index contributed by atoms with van der Waals surface area (Å²) >= 11 is 0. The van der Waals surface area contributed by atoms with Crippen molar-refractivity contribution in [1.29, 1.82) is 0 Å². The van der Waals surface area contributed by atoms with Crippen molar-refractivity contribution in [1.82, 2.24) is 0 Å². The van der Waals surface area contributed by atoms with Gasteiger partial charge in [0.2, 0.25) is 0 Å². The molecule has 0 spiro atoms. The average molecular weight is 324 g/mol. The Balaban J connectivity index is 2.06. The molecule has 0 aliphatic carbocycles. The van der Waals surface area contributed by atoms with Crippen LogP contribution in [0.15, 0.2) is 0 Å². The highest BCUT2D eigenvalue weighted by molar-refractivity contribution is 4.93. The van der Waals surface area contributed by atoms with Crippen molar-refractivity contribution in [2.45, 2.75) is 75.1 Å². The van der Waals surface area contributed by atoms with E-state index in [-0.39, 0.29) is 0 Å². The third-order valence-electron chi connectivity index (χ3n) is 4.20. The molecule has 2 aliphatic heterocycles. The van der Waals surface area contributed by atoms with Crippen molar-refractivity contribution < 1.29 is 44.8 Å². The fourth-order valence-corrected chi connectivity index (χ4v) is 2.75. The van der Waals surface area contributed by atoms with E-state index >= 15 is 0 Å². The molecule has 0 saturated carbocycles. The van der Waals surface area contributed by atoms with Gasteiger partial charge in [-0.2, -0.15) is 0 Å². The maximum Gasteiger partial charge on any atom is 0.187 e. The van der Waals surface area contributed by atoms with Gasteiger partial charge in [0.15, 0.2) is 6.29 Å². The first kappa shape index (κ1) is 18.0. The molecule has 2 fully saturated rings. The summed E-state index contributed by atoms with van der Waals surface area (Å²) < 4.78 is 16.1. The van der Waals surface area contributed by atoms with Gasteiger partial charge in [-0.15, -0.1) is 0 Å². The molecule has 130 valence electrons. The lowest BCUT2D eigenvalue weighted by Gasteiger charge is -2.45. The average Bonchev–Trinajstić information content (AvgIpc) is 2.49. The van der Waals surface area contributed by atoms with E-state index in [1.54, 1.807) is 6.92 Å². The first-order chi connectivity index (χ1) is 10.3. The molecular weight excluding hydrogens is 300 g/mol. The molecule has 0 aromatic rings. The Hall–Kier alpha value is -0.360. The Morgan fingerprint density at radius 3 is 2.00 bits per heavy atom. The molecule has 9 heteroatoms. The van der Waals surface area contributed by atoms with Gasteiger partial charge < -0.3 is 44.8 Å². The number of aliphatic hydroxyl groups excluding tert-OH is 6. The van der Waals surface area contributed by atoms with Crippen molar-refractivity contribution in [2.75, 3.05) is 6.61 Å². The Labute approximate surface area is 127 Å². The summed E-state index contributed by atoms with van der Waals surface area (Å²) in [5, 5.41) is 58.3. The van der Waals surface area contributed by atoms with Gasteiger partial charge in [-0.25, -0.2) is 0 Å². The van der Waals surface area contributed by atoms with Gasteiger partial charge in [-0.05, 0) is 13.8 Å². The standard InChI is InChI=1S/C13H24O9/c1-4-7(15)9(17)11(19)13(21-4)22-12-5(2)20-6(3-14)8(16)10(12)18/h4-19H,3H2,1-2H3/t4?,5-,6?,7+,8-,9?,10?,11?,12?,13-/m0/s1. The smallest absolute Gasteiger partial charge is 0.187 e. The normalized spacial score (nSPS) is 53.5. The Morgan fingerprint density at radius 1 is 0.773 bits per heavy atom. The number of aliphatic hydroxyl groups is 6. The monoisotopic (exact) mass is 324 g/mol. The Kier molecular flexibility index (Phi) is 5.75. The summed E-state index contributed by atoms with van der Waals surface area (Å²) in [5.74, 6) is 0. The summed E-state index contributed by atoms with van der Waals surface area (Å²) in [6.45, 7) is 2.62. The van der Waals surface area contributed by atoms with Crippen LogP contribution in [0.25, 0.3) is 0 Å². The molecule has 6 unspecified atom stereocenters. The molecular formula is C13H24O9. The number of hydrogen-bond donors (Lipinski definition) is 6. The second-order valence-electron chi connectivity index (χ2n) is 5.83. The lowest BCUT2D eigenvalue weighted by atomic mass is 9.95. The van der Waals surface area contributed by atoms with Crippen LogP contribution < -0.4 is 0 Å². The van der Waals surface area contributed by atoms with E-state index in [1.165, 1.54) is 6.92 Å². The Bertz CT molecular complexity index is 367. The number of hydrogen-bond acceptors (Lipinski definition) is 9. The van der Waals surface area contributed by atoms with Crippen LogP contribution in [-0.4, -0.2) is 98.5 Å². The lowest BCUT2D eigenvalue weighted by molar-refractivity contribution is -0.335. The molecule has 0 bridgehead atoms. The van der Waals surface area contributed by atoms with E-state index in [2.05, 4.69) is 0 Å². The molecule has 2 heterocycles. The fraction of sp³-hybridized carbons (Fsp3) is 1.00. The molecule has 0 aromatic carbocycles. The van der Waals surface area contributed by atoms with Crippen molar-refractivity contribution in [3.63, 3.8) is 0 Å². The molecule has 2 saturated heterocycles. The quantitative estimate of drug-likeness (QED) is 0.314. The minimum atomic E-state index is -1.52. The zero-order valence-electron chi connectivity index (χ0n) is 12.4. The third kappa shape index (κ3) is 3.28. The van der Waals surface area contributed by atoms with Gasteiger partial charge in [0.25, 0.3) is 0 Å². The second kappa shape index (κ2) is 7.04. The first-order valence-electron chi connectivity index (χ1n) is 7.25. The minimum Gasteiger partial charge on any atom is -0.394 e. The largest absolute Gasteiger partial charge is 0.394 e. The van der Waals surface area contributed by atoms with Crippen LogP contribution in [0.3, 0.4) is 0 Å². The van der Waals surface area contributed by atoms with E-state index in [1.807, 2.05) is 0 Å². The van der Waals surface area contributed by atoms with E-state index in [4.69, 9.17) is 19.3 Å². The first-order valence-corrected chi connectivity index (χ1v) is 7.25. The van der Waals surface area contributed by atoms with Crippen LogP contribution in [0.2, 0.25) is 0 Å². The highest BCUT2D eigenvalue weighted by Crippen LogP contribution is 2.28. The van der Waals surface area contributed by atoms with Crippen molar-refractivity contribution >= 4 is 0 Å². The molecule has 2 aliphatic rings. The van der Waals surface area contributed by atoms with Gasteiger partial charge >= 0.3 is 0 Å². The summed E-state index contributed by atoms with van der Waals surface area (Å²) in [7, 11) is 0. The SMILES string of the molecule is CC1O[C@@H](OC2C(O)[C@@H](O)C(CO)O[C@H]2C)C(O)C(O)[C@@H]1O. The zero-order chi connectivity index (χ0) is 16.6.